The molecule has 3 nitrogen and oxygen atoms in total. The Morgan fingerprint density at radius 3 is 2.12 bits per heavy atom. The Kier molecular flexibility index (Phi) is 11.0. The van der Waals surface area contributed by atoms with Gasteiger partial charge in [-0.3, -0.25) is 0 Å². The molecule has 0 aliphatic carbocycles. The van der Waals surface area contributed by atoms with Crippen LogP contribution in [0.2, 0.25) is 0 Å². The standard InChI is InChI=1S/C21H35NO2/c1-4-6-8-9-10-11-17-22(3)20-15-13-19(14-16-20)21(23)24-18-12-7-5-2/h13-16H,4-12,17-18H2,1-3H3. The minimum atomic E-state index is -0.212. The van der Waals surface area contributed by atoms with Crippen molar-refractivity contribution in [1.82, 2.24) is 0 Å². The Hall–Kier alpha value is -1.51. The molecule has 0 spiro atoms. The zero-order chi connectivity index (χ0) is 17.6. The number of hydrogen-bond donors (Lipinski definition) is 0. The van der Waals surface area contributed by atoms with Gasteiger partial charge in [0.15, 0.2) is 0 Å². The number of carbonyl (C=O) groups is 1. The van der Waals surface area contributed by atoms with Crippen LogP contribution >= 0.6 is 0 Å². The number of hydrogen-bond acceptors (Lipinski definition) is 3. The van der Waals surface area contributed by atoms with Crippen LogP contribution in [0.4, 0.5) is 5.69 Å². The van der Waals surface area contributed by atoms with Crippen LogP contribution in [0.3, 0.4) is 0 Å². The first-order chi connectivity index (χ1) is 11.7. The molecule has 0 aliphatic rings. The summed E-state index contributed by atoms with van der Waals surface area (Å²) in [5, 5.41) is 0. The molecule has 0 amide bonds. The normalized spacial score (nSPS) is 10.6. The van der Waals surface area contributed by atoms with Gasteiger partial charge in [0.2, 0.25) is 0 Å². The zero-order valence-electron chi connectivity index (χ0n) is 15.9. The maximum atomic E-state index is 12.0. The predicted octanol–water partition coefficient (Wildman–Crippen LogP) is 5.83. The van der Waals surface area contributed by atoms with Gasteiger partial charge in [-0.15, -0.1) is 0 Å². The summed E-state index contributed by atoms with van der Waals surface area (Å²) in [6.45, 7) is 5.97. The summed E-state index contributed by atoms with van der Waals surface area (Å²) < 4.78 is 5.29. The van der Waals surface area contributed by atoms with E-state index in [9.17, 15) is 4.79 Å². The maximum Gasteiger partial charge on any atom is 0.338 e. The van der Waals surface area contributed by atoms with Gasteiger partial charge in [0, 0.05) is 19.3 Å². The average Bonchev–Trinajstić information content (AvgIpc) is 2.61. The molecule has 0 aliphatic heterocycles. The fraction of sp³-hybridized carbons (Fsp3) is 0.667. The summed E-state index contributed by atoms with van der Waals surface area (Å²) in [7, 11) is 2.12. The molecule has 1 aromatic carbocycles. The van der Waals surface area contributed by atoms with Crippen LogP contribution in [-0.4, -0.2) is 26.2 Å². The van der Waals surface area contributed by atoms with Gasteiger partial charge < -0.3 is 9.64 Å². The highest BCUT2D eigenvalue weighted by molar-refractivity contribution is 5.89. The van der Waals surface area contributed by atoms with Gasteiger partial charge in [0.05, 0.1) is 12.2 Å². The second kappa shape index (κ2) is 12.9. The molecule has 0 unspecified atom stereocenters. The third kappa shape index (κ3) is 8.37. The second-order valence-corrected chi connectivity index (χ2v) is 6.58. The fourth-order valence-corrected chi connectivity index (χ4v) is 2.71. The van der Waals surface area contributed by atoms with Crippen molar-refractivity contribution in [2.24, 2.45) is 0 Å². The minimum Gasteiger partial charge on any atom is -0.462 e. The van der Waals surface area contributed by atoms with Crippen LogP contribution in [0, 0.1) is 0 Å². The van der Waals surface area contributed by atoms with Crippen molar-refractivity contribution in [2.45, 2.75) is 71.6 Å². The van der Waals surface area contributed by atoms with Gasteiger partial charge in [-0.05, 0) is 37.1 Å². The molecular weight excluding hydrogens is 298 g/mol. The van der Waals surface area contributed by atoms with Crippen LogP contribution in [0.25, 0.3) is 0 Å². The molecule has 0 radical (unpaired) electrons. The predicted molar refractivity (Wildman–Crippen MR) is 103 cm³/mol. The number of unbranched alkanes of at least 4 members (excludes halogenated alkanes) is 7. The summed E-state index contributed by atoms with van der Waals surface area (Å²) in [6.07, 6.45) is 11.1. The summed E-state index contributed by atoms with van der Waals surface area (Å²) in [4.78, 5) is 14.2. The molecule has 0 fully saturated rings. The van der Waals surface area contributed by atoms with E-state index in [2.05, 4.69) is 25.8 Å². The van der Waals surface area contributed by atoms with E-state index in [1.807, 2.05) is 24.3 Å². The summed E-state index contributed by atoms with van der Waals surface area (Å²) in [6, 6.07) is 7.77. The van der Waals surface area contributed by atoms with E-state index >= 15 is 0 Å². The first-order valence-corrected chi connectivity index (χ1v) is 9.67. The highest BCUT2D eigenvalue weighted by Gasteiger charge is 2.08. The number of benzene rings is 1. The molecule has 0 saturated heterocycles. The van der Waals surface area contributed by atoms with Crippen LogP contribution < -0.4 is 4.90 Å². The highest BCUT2D eigenvalue weighted by Crippen LogP contribution is 2.16. The first kappa shape index (κ1) is 20.5. The van der Waals surface area contributed by atoms with Crippen molar-refractivity contribution < 1.29 is 9.53 Å². The van der Waals surface area contributed by atoms with E-state index in [1.54, 1.807) is 0 Å². The lowest BCUT2D eigenvalue weighted by molar-refractivity contribution is 0.0498. The van der Waals surface area contributed by atoms with Crippen molar-refractivity contribution in [1.29, 1.82) is 0 Å². The third-order valence-electron chi connectivity index (χ3n) is 4.37. The molecule has 3 heteroatoms. The zero-order valence-corrected chi connectivity index (χ0v) is 15.9. The number of anilines is 1. The molecule has 0 aromatic heterocycles. The van der Waals surface area contributed by atoms with E-state index < -0.39 is 0 Å². The first-order valence-electron chi connectivity index (χ1n) is 9.67. The molecule has 0 N–H and O–H groups in total. The van der Waals surface area contributed by atoms with Crippen molar-refractivity contribution in [2.75, 3.05) is 25.1 Å². The molecule has 0 atom stereocenters. The van der Waals surface area contributed by atoms with E-state index in [0.29, 0.717) is 12.2 Å². The van der Waals surface area contributed by atoms with Crippen LogP contribution in [0.5, 0.6) is 0 Å². The van der Waals surface area contributed by atoms with Gasteiger partial charge in [-0.2, -0.15) is 0 Å². The van der Waals surface area contributed by atoms with Crippen LogP contribution in [0.1, 0.15) is 82.0 Å². The Bertz CT molecular complexity index is 442. The summed E-state index contributed by atoms with van der Waals surface area (Å²) in [5.74, 6) is -0.212. The van der Waals surface area contributed by atoms with Crippen molar-refractivity contribution in [3.63, 3.8) is 0 Å². The van der Waals surface area contributed by atoms with Gasteiger partial charge >= 0.3 is 5.97 Å². The van der Waals surface area contributed by atoms with Crippen molar-refractivity contribution in [3.8, 4) is 0 Å². The number of ether oxygens (including phenoxy) is 1. The molecule has 1 rings (SSSR count). The van der Waals surface area contributed by atoms with E-state index in [1.165, 1.54) is 38.5 Å². The van der Waals surface area contributed by atoms with Gasteiger partial charge in [0.1, 0.15) is 0 Å². The molecule has 1 aromatic rings. The van der Waals surface area contributed by atoms with Crippen LogP contribution in [0.15, 0.2) is 24.3 Å². The molecule has 0 saturated carbocycles. The van der Waals surface area contributed by atoms with Gasteiger partial charge in [0.25, 0.3) is 0 Å². The number of esters is 1. The number of nitrogens with zero attached hydrogens (tertiary/aromatic N) is 1. The van der Waals surface area contributed by atoms with Crippen molar-refractivity contribution >= 4 is 11.7 Å². The maximum absolute atomic E-state index is 12.0. The van der Waals surface area contributed by atoms with Gasteiger partial charge in [-0.25, -0.2) is 4.79 Å². The summed E-state index contributed by atoms with van der Waals surface area (Å²) in [5.41, 5.74) is 1.80. The lowest BCUT2D eigenvalue weighted by Gasteiger charge is -2.19. The smallest absolute Gasteiger partial charge is 0.338 e. The lowest BCUT2D eigenvalue weighted by atomic mass is 10.1. The Balaban J connectivity index is 2.30. The molecular formula is C21H35NO2. The quantitative estimate of drug-likeness (QED) is 0.336. The van der Waals surface area contributed by atoms with E-state index in [-0.39, 0.29) is 5.97 Å². The SMILES string of the molecule is CCCCCCCCN(C)c1ccc(C(=O)OCCCCC)cc1. The Morgan fingerprint density at radius 1 is 0.875 bits per heavy atom. The fourth-order valence-electron chi connectivity index (χ4n) is 2.71. The minimum absolute atomic E-state index is 0.212. The highest BCUT2D eigenvalue weighted by atomic mass is 16.5. The molecule has 136 valence electrons. The Labute approximate surface area is 148 Å². The number of rotatable bonds is 13. The Morgan fingerprint density at radius 2 is 1.46 bits per heavy atom. The third-order valence-corrected chi connectivity index (χ3v) is 4.37. The molecule has 0 heterocycles. The van der Waals surface area contributed by atoms with Crippen LogP contribution in [-0.2, 0) is 4.74 Å². The summed E-state index contributed by atoms with van der Waals surface area (Å²) >= 11 is 0. The number of carbonyl (C=O) groups excluding carboxylic acids is 1. The van der Waals surface area contributed by atoms with E-state index in [0.717, 1.165) is 31.5 Å². The van der Waals surface area contributed by atoms with Gasteiger partial charge in [-0.1, -0.05) is 58.8 Å². The largest absolute Gasteiger partial charge is 0.462 e. The monoisotopic (exact) mass is 333 g/mol. The van der Waals surface area contributed by atoms with E-state index in [4.69, 9.17) is 4.74 Å². The molecule has 24 heavy (non-hydrogen) atoms. The van der Waals surface area contributed by atoms with Crippen molar-refractivity contribution in [3.05, 3.63) is 29.8 Å². The average molecular weight is 334 g/mol. The molecule has 0 bridgehead atoms. The second-order valence-electron chi connectivity index (χ2n) is 6.58. The topological polar surface area (TPSA) is 29.5 Å². The lowest BCUT2D eigenvalue weighted by Crippen LogP contribution is -2.18.